The number of carbonyl (C=O) groups is 3. The summed E-state index contributed by atoms with van der Waals surface area (Å²) in [4.78, 5) is 35.4. The Balaban J connectivity index is 1.38. The Bertz CT molecular complexity index is 1090. The first-order valence-electron chi connectivity index (χ1n) is 9.84. The molecule has 3 rings (SSSR count). The van der Waals surface area contributed by atoms with E-state index in [1.165, 1.54) is 12.5 Å². The second kappa shape index (κ2) is 11.7. The number of amides is 3. The molecule has 0 fully saturated rings. The van der Waals surface area contributed by atoms with Crippen molar-refractivity contribution in [2.24, 2.45) is 5.10 Å². The number of ether oxygens (including phenoxy) is 2. The van der Waals surface area contributed by atoms with E-state index in [0.29, 0.717) is 28.5 Å². The Hall–Kier alpha value is -4.60. The molecular weight excluding hydrogens is 428 g/mol. The van der Waals surface area contributed by atoms with Crippen LogP contribution in [0.25, 0.3) is 0 Å². The third-order valence-electron chi connectivity index (χ3n) is 4.21. The predicted molar refractivity (Wildman–Crippen MR) is 120 cm³/mol. The molecule has 2 aromatic carbocycles. The van der Waals surface area contributed by atoms with Gasteiger partial charge in [0.2, 0.25) is 0 Å². The fraction of sp³-hybridized carbons (Fsp3) is 0.130. The predicted octanol–water partition coefficient (Wildman–Crippen LogP) is 2.07. The number of hydrogen-bond donors (Lipinski definition) is 3. The van der Waals surface area contributed by atoms with E-state index in [4.69, 9.17) is 13.9 Å². The Morgan fingerprint density at radius 3 is 2.36 bits per heavy atom. The normalized spacial score (nSPS) is 10.5. The zero-order valence-corrected chi connectivity index (χ0v) is 17.7. The first kappa shape index (κ1) is 23.1. The van der Waals surface area contributed by atoms with Gasteiger partial charge < -0.3 is 24.5 Å². The zero-order valence-electron chi connectivity index (χ0n) is 17.7. The van der Waals surface area contributed by atoms with Crippen molar-refractivity contribution in [2.75, 3.05) is 19.0 Å². The highest BCUT2D eigenvalue weighted by atomic mass is 16.5. The van der Waals surface area contributed by atoms with Gasteiger partial charge in [-0.25, -0.2) is 5.43 Å². The molecule has 3 amide bonds. The molecule has 170 valence electrons. The summed E-state index contributed by atoms with van der Waals surface area (Å²) in [5.74, 6) is -0.334. The smallest absolute Gasteiger partial charge is 0.329 e. The van der Waals surface area contributed by atoms with Gasteiger partial charge >= 0.3 is 11.8 Å². The highest BCUT2D eigenvalue weighted by Gasteiger charge is 2.12. The molecule has 0 spiro atoms. The van der Waals surface area contributed by atoms with Gasteiger partial charge in [0, 0.05) is 5.69 Å². The Morgan fingerprint density at radius 2 is 1.70 bits per heavy atom. The number of hydrazone groups is 1. The van der Waals surface area contributed by atoms with Crippen LogP contribution in [0.4, 0.5) is 5.69 Å². The standard InChI is InChI=1S/C23H22N4O6/c1-31-18-10-6-17(7-11-18)26-21(28)15-33-19-8-4-16(5-9-19)13-25-27-23(30)22(29)24-14-20-3-2-12-32-20/h2-13H,14-15H2,1H3,(H,24,29)(H,26,28)(H,27,30)/b25-13-. The van der Waals surface area contributed by atoms with Gasteiger partial charge in [0.15, 0.2) is 6.61 Å². The molecule has 0 bridgehead atoms. The van der Waals surface area contributed by atoms with Crippen molar-refractivity contribution in [1.29, 1.82) is 0 Å². The molecule has 0 aliphatic carbocycles. The van der Waals surface area contributed by atoms with Crippen LogP contribution in [0.3, 0.4) is 0 Å². The molecule has 0 aliphatic heterocycles. The Kier molecular flexibility index (Phi) is 8.18. The minimum Gasteiger partial charge on any atom is -0.497 e. The van der Waals surface area contributed by atoms with Crippen molar-refractivity contribution in [3.8, 4) is 11.5 Å². The molecule has 10 nitrogen and oxygen atoms in total. The zero-order chi connectivity index (χ0) is 23.5. The van der Waals surface area contributed by atoms with Crippen LogP contribution in [-0.2, 0) is 20.9 Å². The maximum absolute atomic E-state index is 12.0. The van der Waals surface area contributed by atoms with Gasteiger partial charge in [-0.15, -0.1) is 0 Å². The summed E-state index contributed by atoms with van der Waals surface area (Å²) >= 11 is 0. The van der Waals surface area contributed by atoms with Crippen molar-refractivity contribution in [2.45, 2.75) is 6.54 Å². The number of furan rings is 1. The molecule has 0 unspecified atom stereocenters. The van der Waals surface area contributed by atoms with Gasteiger partial charge in [-0.2, -0.15) is 5.10 Å². The van der Waals surface area contributed by atoms with Gasteiger partial charge in [-0.3, -0.25) is 14.4 Å². The first-order chi connectivity index (χ1) is 16.0. The molecule has 3 N–H and O–H groups in total. The second-order valence-corrected chi connectivity index (χ2v) is 6.60. The lowest BCUT2D eigenvalue weighted by Gasteiger charge is -2.08. The molecule has 0 saturated heterocycles. The van der Waals surface area contributed by atoms with Crippen LogP contribution in [0, 0.1) is 0 Å². The monoisotopic (exact) mass is 450 g/mol. The van der Waals surface area contributed by atoms with E-state index < -0.39 is 11.8 Å². The molecular formula is C23H22N4O6. The van der Waals surface area contributed by atoms with Crippen LogP contribution in [0.5, 0.6) is 11.5 Å². The summed E-state index contributed by atoms with van der Waals surface area (Å²) in [5, 5.41) is 8.88. The number of hydrogen-bond acceptors (Lipinski definition) is 7. The summed E-state index contributed by atoms with van der Waals surface area (Å²) in [7, 11) is 1.57. The van der Waals surface area contributed by atoms with E-state index in [1.807, 2.05) is 0 Å². The number of benzene rings is 2. The van der Waals surface area contributed by atoms with Gasteiger partial charge in [0.25, 0.3) is 5.91 Å². The van der Waals surface area contributed by atoms with Crippen LogP contribution < -0.4 is 25.5 Å². The number of nitrogens with zero attached hydrogens (tertiary/aromatic N) is 1. The SMILES string of the molecule is COc1ccc(NC(=O)COc2ccc(/C=N\NC(=O)C(=O)NCc3ccco3)cc2)cc1. The average molecular weight is 450 g/mol. The van der Waals surface area contributed by atoms with Crippen LogP contribution in [0.2, 0.25) is 0 Å². The Labute approximate surface area is 189 Å². The van der Waals surface area contributed by atoms with E-state index >= 15 is 0 Å². The average Bonchev–Trinajstić information content (AvgIpc) is 3.36. The largest absolute Gasteiger partial charge is 0.497 e. The van der Waals surface area contributed by atoms with Crippen molar-refractivity contribution in [1.82, 2.24) is 10.7 Å². The molecule has 1 aromatic heterocycles. The number of carbonyl (C=O) groups excluding carboxylic acids is 3. The lowest BCUT2D eigenvalue weighted by atomic mass is 10.2. The summed E-state index contributed by atoms with van der Waals surface area (Å²) in [6, 6.07) is 17.0. The van der Waals surface area contributed by atoms with E-state index in [9.17, 15) is 14.4 Å². The highest BCUT2D eigenvalue weighted by Crippen LogP contribution is 2.15. The quantitative estimate of drug-likeness (QED) is 0.260. The number of rotatable bonds is 9. The Morgan fingerprint density at radius 1 is 0.970 bits per heavy atom. The van der Waals surface area contributed by atoms with Gasteiger partial charge in [-0.1, -0.05) is 0 Å². The fourth-order valence-electron chi connectivity index (χ4n) is 2.55. The van der Waals surface area contributed by atoms with Crippen LogP contribution in [-0.4, -0.2) is 37.7 Å². The molecule has 1 heterocycles. The number of anilines is 1. The lowest BCUT2D eigenvalue weighted by Crippen LogP contribution is -2.37. The molecule has 33 heavy (non-hydrogen) atoms. The summed E-state index contributed by atoms with van der Waals surface area (Å²) in [5.41, 5.74) is 3.43. The van der Waals surface area contributed by atoms with Gasteiger partial charge in [-0.05, 0) is 66.2 Å². The molecule has 10 heteroatoms. The van der Waals surface area contributed by atoms with E-state index in [1.54, 1.807) is 67.8 Å². The minimum absolute atomic E-state index is 0.0998. The maximum Gasteiger partial charge on any atom is 0.329 e. The van der Waals surface area contributed by atoms with Crippen molar-refractivity contribution in [3.63, 3.8) is 0 Å². The topological polar surface area (TPSA) is 131 Å². The highest BCUT2D eigenvalue weighted by molar-refractivity contribution is 6.35. The van der Waals surface area contributed by atoms with Crippen molar-refractivity contribution >= 4 is 29.6 Å². The molecule has 0 saturated carbocycles. The van der Waals surface area contributed by atoms with Crippen LogP contribution in [0.1, 0.15) is 11.3 Å². The fourth-order valence-corrected chi connectivity index (χ4v) is 2.55. The van der Waals surface area contributed by atoms with Crippen molar-refractivity contribution < 1.29 is 28.3 Å². The van der Waals surface area contributed by atoms with Gasteiger partial charge in [0.1, 0.15) is 17.3 Å². The lowest BCUT2D eigenvalue weighted by molar-refractivity contribution is -0.139. The summed E-state index contributed by atoms with van der Waals surface area (Å²) < 4.78 is 15.6. The number of nitrogens with one attached hydrogen (secondary N) is 3. The van der Waals surface area contributed by atoms with Gasteiger partial charge in [0.05, 0.1) is 26.1 Å². The number of methoxy groups -OCH3 is 1. The van der Waals surface area contributed by atoms with E-state index in [0.717, 1.165) is 0 Å². The first-order valence-corrected chi connectivity index (χ1v) is 9.84. The molecule has 0 atom stereocenters. The molecule has 0 aliphatic rings. The maximum atomic E-state index is 12.0. The minimum atomic E-state index is -0.902. The third kappa shape index (κ3) is 7.55. The van der Waals surface area contributed by atoms with Crippen LogP contribution in [0.15, 0.2) is 76.4 Å². The summed E-state index contributed by atoms with van der Waals surface area (Å²) in [6.07, 6.45) is 2.84. The van der Waals surface area contributed by atoms with E-state index in [-0.39, 0.29) is 19.1 Å². The van der Waals surface area contributed by atoms with Crippen molar-refractivity contribution in [3.05, 3.63) is 78.3 Å². The molecule has 0 radical (unpaired) electrons. The molecule has 3 aromatic rings. The van der Waals surface area contributed by atoms with Crippen LogP contribution >= 0.6 is 0 Å². The second-order valence-electron chi connectivity index (χ2n) is 6.60. The summed E-state index contributed by atoms with van der Waals surface area (Å²) in [6.45, 7) is -0.0643. The third-order valence-corrected chi connectivity index (χ3v) is 4.21. The van der Waals surface area contributed by atoms with E-state index in [2.05, 4.69) is 21.2 Å².